The fourth-order valence-electron chi connectivity index (χ4n) is 3.58. The monoisotopic (exact) mass is 331 g/mol. The highest BCUT2D eigenvalue weighted by Gasteiger charge is 2.30. The molecule has 0 unspecified atom stereocenters. The third kappa shape index (κ3) is 2.85. The summed E-state index contributed by atoms with van der Waals surface area (Å²) < 4.78 is 2.16. The van der Waals surface area contributed by atoms with E-state index in [1.165, 1.54) is 18.4 Å². The average Bonchev–Trinajstić information content (AvgIpc) is 3.31. The molecule has 1 fully saturated rings. The zero-order valence-corrected chi connectivity index (χ0v) is 13.9. The molecule has 2 aromatic rings. The van der Waals surface area contributed by atoms with Crippen LogP contribution >= 0.6 is 11.3 Å². The maximum Gasteiger partial charge on any atom is 0.318 e. The van der Waals surface area contributed by atoms with Gasteiger partial charge in [-0.05, 0) is 48.1 Å². The van der Waals surface area contributed by atoms with Crippen molar-refractivity contribution in [1.82, 2.24) is 25.0 Å². The van der Waals surface area contributed by atoms with Crippen LogP contribution in [-0.4, -0.2) is 32.2 Å². The van der Waals surface area contributed by atoms with Crippen LogP contribution in [0.1, 0.15) is 48.9 Å². The summed E-state index contributed by atoms with van der Waals surface area (Å²) in [5, 5.41) is 15.7. The van der Waals surface area contributed by atoms with Crippen molar-refractivity contribution in [3.05, 3.63) is 34.0 Å². The van der Waals surface area contributed by atoms with Crippen molar-refractivity contribution < 1.29 is 4.79 Å². The van der Waals surface area contributed by atoms with Crippen LogP contribution in [0.2, 0.25) is 0 Å². The molecule has 7 heteroatoms. The van der Waals surface area contributed by atoms with Gasteiger partial charge in [-0.3, -0.25) is 0 Å². The molecule has 2 aliphatic rings. The fourth-order valence-corrected chi connectivity index (χ4v) is 4.28. The summed E-state index contributed by atoms with van der Waals surface area (Å²) in [4.78, 5) is 14.5. The third-order valence-corrected chi connectivity index (χ3v) is 5.48. The van der Waals surface area contributed by atoms with Gasteiger partial charge in [-0.25, -0.2) is 4.79 Å². The van der Waals surface area contributed by atoms with Crippen LogP contribution < -0.4 is 5.32 Å². The van der Waals surface area contributed by atoms with Crippen molar-refractivity contribution in [2.24, 2.45) is 0 Å². The van der Waals surface area contributed by atoms with E-state index in [1.54, 1.807) is 11.3 Å². The van der Waals surface area contributed by atoms with Crippen molar-refractivity contribution in [2.75, 3.05) is 6.54 Å². The number of hydrogen-bond donors (Lipinski definition) is 1. The Balaban J connectivity index is 1.41. The van der Waals surface area contributed by atoms with Gasteiger partial charge in [0.15, 0.2) is 5.82 Å². The molecule has 23 heavy (non-hydrogen) atoms. The normalized spacial score (nSPS) is 20.5. The SMILES string of the molecule is O=C(NCc1nnc2n1CCCC2)N1CCC[C@@H]1c1ccsc1. The minimum Gasteiger partial charge on any atom is -0.331 e. The molecule has 0 bridgehead atoms. The molecule has 1 atom stereocenters. The fraction of sp³-hybridized carbons (Fsp3) is 0.562. The second-order valence-electron chi connectivity index (χ2n) is 6.21. The predicted molar refractivity (Wildman–Crippen MR) is 88.2 cm³/mol. The van der Waals surface area contributed by atoms with Crippen LogP contribution in [0, 0.1) is 0 Å². The molecule has 0 aromatic carbocycles. The number of rotatable bonds is 3. The van der Waals surface area contributed by atoms with Gasteiger partial charge in [-0.2, -0.15) is 11.3 Å². The van der Waals surface area contributed by atoms with E-state index in [0.29, 0.717) is 6.54 Å². The highest BCUT2D eigenvalue weighted by Crippen LogP contribution is 2.32. The molecule has 122 valence electrons. The van der Waals surface area contributed by atoms with Crippen LogP contribution in [0.4, 0.5) is 4.79 Å². The first-order valence-electron chi connectivity index (χ1n) is 8.30. The van der Waals surface area contributed by atoms with Crippen LogP contribution in [0.15, 0.2) is 16.8 Å². The minimum absolute atomic E-state index is 0.00635. The van der Waals surface area contributed by atoms with E-state index in [1.807, 2.05) is 4.90 Å². The molecule has 2 aliphatic heterocycles. The number of aryl methyl sites for hydroxylation is 1. The molecule has 1 saturated heterocycles. The van der Waals surface area contributed by atoms with Crippen molar-refractivity contribution in [3.63, 3.8) is 0 Å². The number of urea groups is 1. The van der Waals surface area contributed by atoms with Gasteiger partial charge in [0.1, 0.15) is 5.82 Å². The van der Waals surface area contributed by atoms with Crippen molar-refractivity contribution in [1.29, 1.82) is 0 Å². The van der Waals surface area contributed by atoms with Crippen molar-refractivity contribution in [2.45, 2.75) is 51.2 Å². The zero-order chi connectivity index (χ0) is 15.6. The van der Waals surface area contributed by atoms with Crippen molar-refractivity contribution in [3.8, 4) is 0 Å². The third-order valence-electron chi connectivity index (χ3n) is 4.78. The molecule has 0 radical (unpaired) electrons. The summed E-state index contributed by atoms with van der Waals surface area (Å²) in [6, 6.07) is 2.34. The Labute approximate surface area is 139 Å². The van der Waals surface area contributed by atoms with Crippen LogP contribution in [0.3, 0.4) is 0 Å². The Bertz CT molecular complexity index is 681. The molecule has 4 rings (SSSR count). The van der Waals surface area contributed by atoms with Crippen LogP contribution in [0.5, 0.6) is 0 Å². The van der Waals surface area contributed by atoms with Gasteiger partial charge in [-0.1, -0.05) is 0 Å². The number of nitrogens with zero attached hydrogens (tertiary/aromatic N) is 4. The Morgan fingerprint density at radius 2 is 2.26 bits per heavy atom. The Morgan fingerprint density at radius 3 is 3.13 bits per heavy atom. The Kier molecular flexibility index (Phi) is 4.03. The molecule has 0 aliphatic carbocycles. The van der Waals surface area contributed by atoms with E-state index in [2.05, 4.69) is 36.9 Å². The van der Waals surface area contributed by atoms with Gasteiger partial charge < -0.3 is 14.8 Å². The molecule has 0 saturated carbocycles. The predicted octanol–water partition coefficient (Wildman–Crippen LogP) is 2.72. The summed E-state index contributed by atoms with van der Waals surface area (Å²) in [7, 11) is 0. The molecule has 6 nitrogen and oxygen atoms in total. The van der Waals surface area contributed by atoms with E-state index >= 15 is 0 Å². The van der Waals surface area contributed by atoms with Gasteiger partial charge in [0.2, 0.25) is 0 Å². The summed E-state index contributed by atoms with van der Waals surface area (Å²) in [5.41, 5.74) is 1.25. The van der Waals surface area contributed by atoms with Gasteiger partial charge in [0, 0.05) is 19.5 Å². The van der Waals surface area contributed by atoms with E-state index in [-0.39, 0.29) is 12.1 Å². The number of likely N-dealkylation sites (tertiary alicyclic amines) is 1. The number of hydrogen-bond acceptors (Lipinski definition) is 4. The summed E-state index contributed by atoms with van der Waals surface area (Å²) in [6.07, 6.45) is 5.45. The van der Waals surface area contributed by atoms with Gasteiger partial charge in [0.25, 0.3) is 0 Å². The van der Waals surface area contributed by atoms with Gasteiger partial charge >= 0.3 is 6.03 Å². The highest BCUT2D eigenvalue weighted by molar-refractivity contribution is 7.07. The Hall–Kier alpha value is -1.89. The van der Waals surface area contributed by atoms with E-state index in [4.69, 9.17) is 0 Å². The quantitative estimate of drug-likeness (QED) is 0.940. The molecule has 2 aromatic heterocycles. The number of amides is 2. The van der Waals surface area contributed by atoms with Crippen molar-refractivity contribution >= 4 is 17.4 Å². The van der Waals surface area contributed by atoms with Crippen LogP contribution in [0.25, 0.3) is 0 Å². The van der Waals surface area contributed by atoms with Gasteiger partial charge in [0.05, 0.1) is 12.6 Å². The second kappa shape index (κ2) is 6.31. The van der Waals surface area contributed by atoms with Gasteiger partial charge in [-0.15, -0.1) is 10.2 Å². The topological polar surface area (TPSA) is 63.1 Å². The van der Waals surface area contributed by atoms with Crippen LogP contribution in [-0.2, 0) is 19.5 Å². The first-order chi connectivity index (χ1) is 11.3. The summed E-state index contributed by atoms with van der Waals surface area (Å²) >= 11 is 1.69. The molecule has 1 N–H and O–H groups in total. The smallest absolute Gasteiger partial charge is 0.318 e. The average molecular weight is 331 g/mol. The molecular formula is C16H21N5OS. The number of thiophene rings is 1. The zero-order valence-electron chi connectivity index (χ0n) is 13.1. The van der Waals surface area contributed by atoms with E-state index in [9.17, 15) is 4.79 Å². The minimum atomic E-state index is 0.00635. The number of nitrogens with one attached hydrogen (secondary N) is 1. The maximum absolute atomic E-state index is 12.6. The van der Waals surface area contributed by atoms with E-state index < -0.39 is 0 Å². The number of fused-ring (bicyclic) bond motifs is 1. The number of carbonyl (C=O) groups is 1. The lowest BCUT2D eigenvalue weighted by Crippen LogP contribution is -2.39. The molecular weight excluding hydrogens is 310 g/mol. The van der Waals surface area contributed by atoms with E-state index in [0.717, 1.165) is 44.0 Å². The number of carbonyl (C=O) groups excluding carboxylic acids is 1. The Morgan fingerprint density at radius 1 is 1.30 bits per heavy atom. The molecule has 0 spiro atoms. The standard InChI is InChI=1S/C16H21N5OS/c22-16(20-8-3-4-13(20)12-6-9-23-11-12)17-10-15-19-18-14-5-1-2-7-21(14)15/h6,9,11,13H,1-5,7-8,10H2,(H,17,22)/t13-/m1/s1. The largest absolute Gasteiger partial charge is 0.331 e. The lowest BCUT2D eigenvalue weighted by Gasteiger charge is -2.24. The first kappa shape index (κ1) is 14.7. The maximum atomic E-state index is 12.6. The lowest BCUT2D eigenvalue weighted by molar-refractivity contribution is 0.192. The lowest BCUT2D eigenvalue weighted by atomic mass is 10.1. The summed E-state index contributed by atoms with van der Waals surface area (Å²) in [6.45, 7) is 2.25. The summed E-state index contributed by atoms with van der Waals surface area (Å²) in [5.74, 6) is 1.93. The second-order valence-corrected chi connectivity index (χ2v) is 6.99. The first-order valence-corrected chi connectivity index (χ1v) is 9.25. The molecule has 4 heterocycles. The number of aromatic nitrogens is 3. The molecule has 2 amide bonds. The highest BCUT2D eigenvalue weighted by atomic mass is 32.1.